The van der Waals surface area contributed by atoms with Crippen LogP contribution < -0.4 is 0 Å². The van der Waals surface area contributed by atoms with Crippen molar-refractivity contribution in [1.29, 1.82) is 0 Å². The normalized spacial score (nSPS) is 12.5. The second kappa shape index (κ2) is 7.48. The van der Waals surface area contributed by atoms with Crippen LogP contribution in [0.1, 0.15) is 48.1 Å². The smallest absolute Gasteiger partial charge is 0.350 e. The Morgan fingerprint density at radius 1 is 1.27 bits per heavy atom. The van der Waals surface area contributed by atoms with Gasteiger partial charge in [0.05, 0.1) is 24.5 Å². The number of carbonyl (C=O) groups excluding carboxylic acids is 1. The van der Waals surface area contributed by atoms with Crippen molar-refractivity contribution in [3.63, 3.8) is 0 Å². The average Bonchev–Trinajstić information content (AvgIpc) is 2.75. The maximum Gasteiger partial charge on any atom is 0.350 e. The predicted molar refractivity (Wildman–Crippen MR) is 83.1 cm³/mol. The summed E-state index contributed by atoms with van der Waals surface area (Å²) in [5.41, 5.74) is -1.57. The van der Waals surface area contributed by atoms with Gasteiger partial charge in [-0.15, -0.1) is 11.3 Å². The third kappa shape index (κ3) is 6.37. The number of aromatic nitrogens is 1. The highest BCUT2D eigenvalue weighted by molar-refractivity contribution is 7.13. The Morgan fingerprint density at radius 3 is 2.45 bits per heavy atom. The molecule has 1 aromatic heterocycles. The van der Waals surface area contributed by atoms with Crippen LogP contribution in [0.2, 0.25) is 0 Å². The Kier molecular flexibility index (Phi) is 6.46. The molecule has 126 valence electrons. The third-order valence-electron chi connectivity index (χ3n) is 2.65. The number of esters is 1. The highest BCUT2D eigenvalue weighted by Gasteiger charge is 2.27. The van der Waals surface area contributed by atoms with Gasteiger partial charge in [0.15, 0.2) is 0 Å². The number of hydrogen-bond donors (Lipinski definition) is 0. The van der Waals surface area contributed by atoms with Crippen molar-refractivity contribution in [1.82, 2.24) is 4.98 Å². The summed E-state index contributed by atoms with van der Waals surface area (Å²) >= 11 is 1.25. The molecule has 0 spiro atoms. The van der Waals surface area contributed by atoms with E-state index >= 15 is 0 Å². The molecule has 7 heteroatoms. The summed E-state index contributed by atoms with van der Waals surface area (Å²) in [6.45, 7) is 8.47. The van der Waals surface area contributed by atoms with E-state index in [2.05, 4.69) is 4.98 Å². The number of aryl methyl sites for hydroxylation is 1. The van der Waals surface area contributed by atoms with Crippen molar-refractivity contribution in [2.24, 2.45) is 0 Å². The zero-order chi connectivity index (χ0) is 17.0. The Hall–Kier alpha value is -1.05. The van der Waals surface area contributed by atoms with Crippen molar-refractivity contribution in [3.8, 4) is 0 Å². The van der Waals surface area contributed by atoms with Crippen molar-refractivity contribution in [3.05, 3.63) is 15.6 Å². The van der Waals surface area contributed by atoms with Crippen molar-refractivity contribution in [2.45, 2.75) is 52.5 Å². The van der Waals surface area contributed by atoms with Gasteiger partial charge in [0, 0.05) is 7.11 Å². The maximum atomic E-state index is 13.5. The Labute approximate surface area is 134 Å². The van der Waals surface area contributed by atoms with E-state index in [1.165, 1.54) is 25.2 Å². The molecule has 0 fully saturated rings. The predicted octanol–water partition coefficient (Wildman–Crippen LogP) is 3.30. The summed E-state index contributed by atoms with van der Waals surface area (Å²) in [5.74, 6) is -0.450. The van der Waals surface area contributed by atoms with E-state index in [9.17, 15) is 9.18 Å². The minimum absolute atomic E-state index is 0.0405. The first-order chi connectivity index (χ1) is 10.0. The van der Waals surface area contributed by atoms with E-state index in [-0.39, 0.29) is 13.2 Å². The van der Waals surface area contributed by atoms with Gasteiger partial charge in [-0.2, -0.15) is 0 Å². The van der Waals surface area contributed by atoms with Crippen LogP contribution in [0.25, 0.3) is 0 Å². The molecule has 22 heavy (non-hydrogen) atoms. The molecule has 0 aliphatic rings. The van der Waals surface area contributed by atoms with E-state index in [4.69, 9.17) is 14.2 Å². The fourth-order valence-electron chi connectivity index (χ4n) is 1.54. The molecule has 1 aromatic rings. The third-order valence-corrected chi connectivity index (χ3v) is 3.76. The van der Waals surface area contributed by atoms with E-state index < -0.39 is 17.2 Å². The number of ether oxygens (including phenoxy) is 3. The molecule has 0 unspecified atom stereocenters. The lowest BCUT2D eigenvalue weighted by molar-refractivity contribution is -0.0918. The largest absolute Gasteiger partial charge is 0.458 e. The lowest BCUT2D eigenvalue weighted by Crippen LogP contribution is -2.36. The second-order valence-corrected chi connectivity index (χ2v) is 7.38. The number of halogens is 1. The molecule has 0 aliphatic heterocycles. The first-order valence-corrected chi connectivity index (χ1v) is 7.81. The van der Waals surface area contributed by atoms with Crippen LogP contribution in [0, 0.1) is 6.92 Å². The fourth-order valence-corrected chi connectivity index (χ4v) is 2.47. The van der Waals surface area contributed by atoms with E-state index in [0.717, 1.165) is 5.01 Å². The fraction of sp³-hybridized carbons (Fsp3) is 0.733. The van der Waals surface area contributed by atoms with Crippen molar-refractivity contribution < 1.29 is 23.4 Å². The highest BCUT2D eigenvalue weighted by Crippen LogP contribution is 2.21. The molecule has 1 heterocycles. The second-order valence-electron chi connectivity index (χ2n) is 6.30. The summed E-state index contributed by atoms with van der Waals surface area (Å²) in [7, 11) is 1.57. The Morgan fingerprint density at radius 2 is 1.91 bits per heavy atom. The molecule has 0 radical (unpaired) electrons. The topological polar surface area (TPSA) is 57.7 Å². The highest BCUT2D eigenvalue weighted by atomic mass is 32.1. The molecule has 0 aromatic carbocycles. The minimum atomic E-state index is -1.43. The summed E-state index contributed by atoms with van der Waals surface area (Å²) in [6, 6.07) is 0. The molecular formula is C15H24FNO4S. The van der Waals surface area contributed by atoms with Gasteiger partial charge in [-0.05, 0) is 34.6 Å². The van der Waals surface area contributed by atoms with Gasteiger partial charge in [-0.1, -0.05) is 0 Å². The number of hydrogen-bond acceptors (Lipinski definition) is 6. The summed E-state index contributed by atoms with van der Waals surface area (Å²) in [5, 5.41) is 0.724. The van der Waals surface area contributed by atoms with Crippen LogP contribution >= 0.6 is 11.3 Å². The lowest BCUT2D eigenvalue weighted by atomic mass is 10.1. The molecule has 5 nitrogen and oxygen atoms in total. The van der Waals surface area contributed by atoms with Crippen LogP contribution in [0.3, 0.4) is 0 Å². The quantitative estimate of drug-likeness (QED) is 0.683. The van der Waals surface area contributed by atoms with Gasteiger partial charge < -0.3 is 14.2 Å². The van der Waals surface area contributed by atoms with E-state index in [0.29, 0.717) is 17.2 Å². The van der Waals surface area contributed by atoms with Crippen LogP contribution in [0.4, 0.5) is 4.39 Å². The van der Waals surface area contributed by atoms with Gasteiger partial charge in [0.25, 0.3) is 0 Å². The maximum absolute atomic E-state index is 13.5. The molecule has 0 N–H and O–H groups in total. The number of rotatable bonds is 8. The van der Waals surface area contributed by atoms with Gasteiger partial charge in [-0.25, -0.2) is 14.2 Å². The van der Waals surface area contributed by atoms with E-state index in [1.54, 1.807) is 27.9 Å². The van der Waals surface area contributed by atoms with Crippen molar-refractivity contribution in [2.75, 3.05) is 20.3 Å². The number of alkyl halides is 1. The number of thiazole rings is 1. The Balaban J connectivity index is 2.58. The van der Waals surface area contributed by atoms with Crippen LogP contribution in [-0.2, 0) is 20.8 Å². The van der Waals surface area contributed by atoms with Gasteiger partial charge in [0.2, 0.25) is 0 Å². The average molecular weight is 333 g/mol. The molecule has 0 amide bonds. The van der Waals surface area contributed by atoms with Crippen LogP contribution in [0.5, 0.6) is 0 Å². The SMILES string of the molecule is COCc1nc(C)c(C(=O)OCC(C)(C)OCC(C)(C)F)s1. The van der Waals surface area contributed by atoms with Gasteiger partial charge in [-0.3, -0.25) is 0 Å². The first kappa shape index (κ1) is 19.0. The first-order valence-electron chi connectivity index (χ1n) is 6.99. The summed E-state index contributed by atoms with van der Waals surface area (Å²) in [6.07, 6.45) is 0. The molecule has 0 saturated heterocycles. The molecule has 0 bridgehead atoms. The number of methoxy groups -OCH3 is 1. The van der Waals surface area contributed by atoms with Crippen LogP contribution in [0.15, 0.2) is 0 Å². The number of nitrogens with zero attached hydrogens (tertiary/aromatic N) is 1. The van der Waals surface area contributed by atoms with Gasteiger partial charge in [0.1, 0.15) is 22.2 Å². The standard InChI is InChI=1S/C15H24FNO4S/c1-10-12(22-11(17-10)7-19-6)13(18)20-9-15(4,5)21-8-14(2,3)16/h7-9H2,1-6H3. The van der Waals surface area contributed by atoms with Crippen molar-refractivity contribution >= 4 is 17.3 Å². The molecular weight excluding hydrogens is 309 g/mol. The Bertz CT molecular complexity index is 508. The molecule has 0 aliphatic carbocycles. The minimum Gasteiger partial charge on any atom is -0.458 e. The zero-order valence-electron chi connectivity index (χ0n) is 14.0. The molecule has 0 atom stereocenters. The van der Waals surface area contributed by atoms with Crippen LogP contribution in [-0.4, -0.2) is 42.5 Å². The molecule has 0 saturated carbocycles. The summed E-state index contributed by atoms with van der Waals surface area (Å²) < 4.78 is 29.2. The lowest BCUT2D eigenvalue weighted by Gasteiger charge is -2.27. The van der Waals surface area contributed by atoms with E-state index in [1.807, 2.05) is 0 Å². The molecule has 1 rings (SSSR count). The summed E-state index contributed by atoms with van der Waals surface area (Å²) in [4.78, 5) is 16.8. The monoisotopic (exact) mass is 333 g/mol. The number of carbonyl (C=O) groups is 1. The van der Waals surface area contributed by atoms with Gasteiger partial charge >= 0.3 is 5.97 Å². The zero-order valence-corrected chi connectivity index (χ0v) is 14.8.